The van der Waals surface area contributed by atoms with Crippen LogP contribution in [0.2, 0.25) is 0 Å². The van der Waals surface area contributed by atoms with Crippen molar-refractivity contribution < 1.29 is 0 Å². The Bertz CT molecular complexity index is 340. The molecule has 1 aliphatic carbocycles. The number of hydrogen-bond donors (Lipinski definition) is 0. The molecule has 2 rings (SSSR count). The lowest BCUT2D eigenvalue weighted by molar-refractivity contribution is 0.328. The molecule has 1 saturated heterocycles. The van der Waals surface area contributed by atoms with E-state index in [0.717, 1.165) is 37.6 Å². The van der Waals surface area contributed by atoms with Crippen molar-refractivity contribution in [3.8, 4) is 0 Å². The molecule has 2 unspecified atom stereocenters. The molecular weight excluding hydrogens is 268 g/mol. The van der Waals surface area contributed by atoms with Crippen molar-refractivity contribution in [3.63, 3.8) is 0 Å². The van der Waals surface area contributed by atoms with Crippen LogP contribution in [-0.4, -0.2) is 41.5 Å². The molecule has 1 heterocycles. The van der Waals surface area contributed by atoms with Gasteiger partial charge in [0.2, 0.25) is 0 Å². The highest BCUT2D eigenvalue weighted by Gasteiger charge is 2.70. The maximum atomic E-state index is 2.59. The first-order valence-corrected chi connectivity index (χ1v) is 9.71. The first-order chi connectivity index (χ1) is 10.7. The fourth-order valence-corrected chi connectivity index (χ4v) is 3.69. The normalized spacial score (nSPS) is 26.3. The zero-order valence-corrected chi connectivity index (χ0v) is 15.4. The van der Waals surface area contributed by atoms with Gasteiger partial charge in [-0.1, -0.05) is 40.0 Å². The summed E-state index contributed by atoms with van der Waals surface area (Å²) in [5, 5.41) is 0. The highest BCUT2D eigenvalue weighted by atomic mass is 15.4. The largest absolute Gasteiger partial charge is 0.367 e. The van der Waals surface area contributed by atoms with Gasteiger partial charge in [-0.2, -0.15) is 0 Å². The highest BCUT2D eigenvalue weighted by molar-refractivity contribution is 5.30. The summed E-state index contributed by atoms with van der Waals surface area (Å²) in [6.07, 6.45) is 14.5. The summed E-state index contributed by atoms with van der Waals surface area (Å²) < 4.78 is 0. The summed E-state index contributed by atoms with van der Waals surface area (Å²) >= 11 is 0. The van der Waals surface area contributed by atoms with E-state index in [9.17, 15) is 0 Å². The topological polar surface area (TPSA) is 6.25 Å². The third-order valence-electron chi connectivity index (χ3n) is 5.26. The molecule has 2 atom stereocenters. The summed E-state index contributed by atoms with van der Waals surface area (Å²) in [6.45, 7) is 12.6. The second-order valence-corrected chi connectivity index (χ2v) is 7.32. The lowest BCUT2D eigenvalue weighted by Gasteiger charge is -2.18. The predicted octanol–water partition coefficient (Wildman–Crippen LogP) is 4.87. The molecule has 2 fully saturated rings. The Morgan fingerprint density at radius 1 is 1.09 bits per heavy atom. The molecule has 126 valence electrons. The Hall–Kier alpha value is -0.630. The van der Waals surface area contributed by atoms with Gasteiger partial charge >= 0.3 is 0 Å². The standard InChI is InChI=1S/C20H37N2/c1-5-8-10-11-12-14-21(7-3)15-17(4)16-22-19-18(20(19)22)13-9-6-2/h12,16,18-20H,5-11,13-15H2,1-4H3/q+1/b17-16+. The third-order valence-corrected chi connectivity index (χ3v) is 5.26. The highest BCUT2D eigenvalue weighted by Crippen LogP contribution is 2.59. The van der Waals surface area contributed by atoms with Crippen molar-refractivity contribution in [2.45, 2.75) is 84.7 Å². The third kappa shape index (κ3) is 4.94. The Kier molecular flexibility index (Phi) is 7.14. The molecule has 0 aromatic rings. The minimum Gasteiger partial charge on any atom is -0.367 e. The Morgan fingerprint density at radius 2 is 1.82 bits per heavy atom. The average molecular weight is 306 g/mol. The fraction of sp³-hybridized carbons (Fsp3) is 0.850. The van der Waals surface area contributed by atoms with Crippen LogP contribution in [0.15, 0.2) is 11.8 Å². The summed E-state index contributed by atoms with van der Waals surface area (Å²) in [5.74, 6) is 1.04. The van der Waals surface area contributed by atoms with Gasteiger partial charge in [0.25, 0.3) is 0 Å². The number of likely N-dealkylation sites (N-methyl/N-ethyl adjacent to an activating group) is 1. The van der Waals surface area contributed by atoms with Gasteiger partial charge in [-0.25, -0.2) is 0 Å². The number of nitrogens with zero attached hydrogens (tertiary/aromatic N) is 2. The van der Waals surface area contributed by atoms with Gasteiger partial charge in [0.15, 0.2) is 0 Å². The van der Waals surface area contributed by atoms with Crippen LogP contribution >= 0.6 is 0 Å². The minimum atomic E-state index is 0.928. The number of hydrogen-bond acceptors (Lipinski definition) is 2. The van der Waals surface area contributed by atoms with Crippen molar-refractivity contribution in [1.29, 1.82) is 0 Å². The quantitative estimate of drug-likeness (QED) is 0.272. The van der Waals surface area contributed by atoms with Crippen LogP contribution in [-0.2, 0) is 0 Å². The predicted molar refractivity (Wildman–Crippen MR) is 96.7 cm³/mol. The van der Waals surface area contributed by atoms with E-state index >= 15 is 0 Å². The molecule has 2 aliphatic rings. The summed E-state index contributed by atoms with van der Waals surface area (Å²) in [5.41, 5.74) is 1.53. The first kappa shape index (κ1) is 17.7. The molecule has 22 heavy (non-hydrogen) atoms. The molecule has 1 aliphatic heterocycles. The smallest absolute Gasteiger partial charge is 0.141 e. The lowest BCUT2D eigenvalue weighted by atomic mass is 10.1. The molecule has 0 N–H and O–H groups in total. The van der Waals surface area contributed by atoms with Gasteiger partial charge in [0.1, 0.15) is 6.54 Å². The van der Waals surface area contributed by atoms with Gasteiger partial charge in [0.05, 0.1) is 24.9 Å². The zero-order valence-electron chi connectivity index (χ0n) is 15.4. The van der Waals surface area contributed by atoms with Crippen LogP contribution in [0.1, 0.15) is 72.6 Å². The molecule has 2 nitrogen and oxygen atoms in total. The molecule has 0 amide bonds. The zero-order chi connectivity index (χ0) is 15.9. The van der Waals surface area contributed by atoms with E-state index in [4.69, 9.17) is 0 Å². The molecule has 2 heteroatoms. The second-order valence-electron chi connectivity index (χ2n) is 7.32. The molecular formula is C20H37N2+. The van der Waals surface area contributed by atoms with Crippen LogP contribution < -0.4 is 0 Å². The molecule has 0 aromatic heterocycles. The first-order valence-electron chi connectivity index (χ1n) is 9.71. The average Bonchev–Trinajstić information content (AvgIpc) is 3.40. The van der Waals surface area contributed by atoms with Crippen molar-refractivity contribution in [2.75, 3.05) is 19.6 Å². The number of rotatable bonds is 13. The van der Waals surface area contributed by atoms with Crippen LogP contribution in [0.5, 0.6) is 0 Å². The Labute approximate surface area is 138 Å². The van der Waals surface area contributed by atoms with Crippen LogP contribution in [0.3, 0.4) is 0 Å². The Balaban J connectivity index is 1.58. The van der Waals surface area contributed by atoms with E-state index in [1.54, 1.807) is 0 Å². The molecule has 0 spiro atoms. The van der Waals surface area contributed by atoms with Crippen molar-refractivity contribution in [2.24, 2.45) is 5.92 Å². The number of fused-ring (bicyclic) bond motifs is 1. The van der Waals surface area contributed by atoms with Gasteiger partial charge in [-0.05, 0) is 38.3 Å². The van der Waals surface area contributed by atoms with Gasteiger partial charge in [-0.3, -0.25) is 4.90 Å². The van der Waals surface area contributed by atoms with E-state index in [2.05, 4.69) is 50.1 Å². The maximum Gasteiger partial charge on any atom is 0.141 e. The summed E-state index contributed by atoms with van der Waals surface area (Å²) in [7, 11) is 0. The second kappa shape index (κ2) is 8.86. The van der Waals surface area contributed by atoms with Crippen molar-refractivity contribution >= 4 is 0 Å². The monoisotopic (exact) mass is 305 g/mol. The van der Waals surface area contributed by atoms with E-state index in [1.807, 2.05) is 0 Å². The summed E-state index contributed by atoms with van der Waals surface area (Å²) in [6, 6.07) is 1.86. The van der Waals surface area contributed by atoms with E-state index in [0.29, 0.717) is 0 Å². The SMILES string of the molecule is CCCCC[CH+]CN(CC)C/C(C)=C/N1C2C(CCCC)C21. The lowest BCUT2D eigenvalue weighted by Crippen LogP contribution is -2.27. The van der Waals surface area contributed by atoms with Crippen LogP contribution in [0, 0.1) is 12.3 Å². The van der Waals surface area contributed by atoms with Crippen molar-refractivity contribution in [3.05, 3.63) is 18.2 Å². The molecule has 0 aromatic carbocycles. The van der Waals surface area contributed by atoms with Crippen LogP contribution in [0.4, 0.5) is 0 Å². The minimum absolute atomic E-state index is 0.928. The van der Waals surface area contributed by atoms with Gasteiger partial charge < -0.3 is 4.90 Å². The maximum absolute atomic E-state index is 2.59. The van der Waals surface area contributed by atoms with Crippen molar-refractivity contribution in [1.82, 2.24) is 9.80 Å². The van der Waals surface area contributed by atoms with Gasteiger partial charge in [0, 0.05) is 18.7 Å². The Morgan fingerprint density at radius 3 is 2.45 bits per heavy atom. The molecule has 0 radical (unpaired) electrons. The van der Waals surface area contributed by atoms with E-state index < -0.39 is 0 Å². The fourth-order valence-electron chi connectivity index (χ4n) is 3.69. The van der Waals surface area contributed by atoms with Gasteiger partial charge in [-0.15, -0.1) is 0 Å². The summed E-state index contributed by atoms with van der Waals surface area (Å²) in [4.78, 5) is 5.15. The molecule has 0 bridgehead atoms. The number of likely N-dealkylation sites (tertiary alicyclic amines) is 1. The van der Waals surface area contributed by atoms with E-state index in [1.165, 1.54) is 50.5 Å². The van der Waals surface area contributed by atoms with Crippen LogP contribution in [0.25, 0.3) is 0 Å². The molecule has 1 saturated carbocycles. The number of unbranched alkanes of at least 4 members (excludes halogenated alkanes) is 5. The van der Waals surface area contributed by atoms with E-state index in [-0.39, 0.29) is 0 Å².